The molecule has 1 aromatic heterocycles. The molecule has 0 aliphatic heterocycles. The average Bonchev–Trinajstić information content (AvgIpc) is 2.33. The van der Waals surface area contributed by atoms with Crippen molar-refractivity contribution < 1.29 is 0 Å². The van der Waals surface area contributed by atoms with Gasteiger partial charge in [0, 0.05) is 18.5 Å². The molecule has 0 aromatic carbocycles. The predicted molar refractivity (Wildman–Crippen MR) is 47.3 cm³/mol. The zero-order valence-electron chi connectivity index (χ0n) is 6.87. The molecule has 0 saturated heterocycles. The predicted octanol–water partition coefficient (Wildman–Crippen LogP) is 0.997. The van der Waals surface area contributed by atoms with Crippen molar-refractivity contribution in [2.75, 3.05) is 5.32 Å². The summed E-state index contributed by atoms with van der Waals surface area (Å²) in [4.78, 5) is 0. The third-order valence-electron chi connectivity index (χ3n) is 2.15. The van der Waals surface area contributed by atoms with Gasteiger partial charge in [0.15, 0.2) is 0 Å². The molecule has 1 aliphatic rings. The monoisotopic (exact) mass is 186 g/mol. The maximum absolute atomic E-state index is 5.85. The Morgan fingerprint density at radius 1 is 1.67 bits per heavy atom. The molecule has 66 valence electrons. The van der Waals surface area contributed by atoms with Crippen molar-refractivity contribution in [3.63, 3.8) is 0 Å². The second kappa shape index (κ2) is 2.94. The molecule has 0 unspecified atom stereocenters. The summed E-state index contributed by atoms with van der Waals surface area (Å²) in [5, 5.41) is 11.2. The first-order valence-corrected chi connectivity index (χ1v) is 4.44. The van der Waals surface area contributed by atoms with Crippen LogP contribution in [0.1, 0.15) is 12.8 Å². The molecule has 0 atom stereocenters. The van der Waals surface area contributed by atoms with E-state index in [2.05, 4.69) is 15.6 Å². The SMILES string of the molecule is Cn1nncc1NC1CC(Cl)C1. The first kappa shape index (κ1) is 7.86. The fourth-order valence-corrected chi connectivity index (χ4v) is 1.73. The smallest absolute Gasteiger partial charge is 0.144 e. The minimum absolute atomic E-state index is 0.351. The van der Waals surface area contributed by atoms with E-state index in [0.29, 0.717) is 11.4 Å². The first-order chi connectivity index (χ1) is 5.75. The Hall–Kier alpha value is -0.770. The second-order valence-electron chi connectivity index (χ2n) is 3.15. The summed E-state index contributed by atoms with van der Waals surface area (Å²) in [6.45, 7) is 0. The van der Waals surface area contributed by atoms with Crippen LogP contribution < -0.4 is 5.32 Å². The Morgan fingerprint density at radius 2 is 2.42 bits per heavy atom. The topological polar surface area (TPSA) is 42.7 Å². The van der Waals surface area contributed by atoms with Gasteiger partial charge in [0.1, 0.15) is 5.82 Å². The molecule has 1 saturated carbocycles. The molecule has 2 rings (SSSR count). The number of nitrogens with one attached hydrogen (secondary N) is 1. The van der Waals surface area contributed by atoms with Gasteiger partial charge in [0.05, 0.1) is 6.20 Å². The van der Waals surface area contributed by atoms with Crippen molar-refractivity contribution in [1.29, 1.82) is 0 Å². The molecule has 1 N–H and O–H groups in total. The summed E-state index contributed by atoms with van der Waals surface area (Å²) in [7, 11) is 1.87. The van der Waals surface area contributed by atoms with Gasteiger partial charge in [-0.3, -0.25) is 0 Å². The van der Waals surface area contributed by atoms with Crippen LogP contribution in [0.2, 0.25) is 0 Å². The number of rotatable bonds is 2. The van der Waals surface area contributed by atoms with Crippen molar-refractivity contribution in [3.05, 3.63) is 6.20 Å². The summed E-state index contributed by atoms with van der Waals surface area (Å²) in [5.41, 5.74) is 0. The zero-order chi connectivity index (χ0) is 8.55. The number of aromatic nitrogens is 3. The van der Waals surface area contributed by atoms with Crippen LogP contribution in [0.4, 0.5) is 5.82 Å². The normalized spacial score (nSPS) is 28.2. The van der Waals surface area contributed by atoms with Gasteiger partial charge in [0.2, 0.25) is 0 Å². The number of hydrogen-bond donors (Lipinski definition) is 1. The van der Waals surface area contributed by atoms with E-state index in [1.54, 1.807) is 10.9 Å². The molecule has 0 radical (unpaired) electrons. The van der Waals surface area contributed by atoms with Crippen molar-refractivity contribution >= 4 is 17.4 Å². The Morgan fingerprint density at radius 3 is 2.92 bits per heavy atom. The first-order valence-electron chi connectivity index (χ1n) is 4.01. The standard InChI is InChI=1S/C7H11ClN4/c1-12-7(4-9-11-12)10-6-2-5(8)3-6/h4-6,10H,2-3H2,1H3. The molecular weight excluding hydrogens is 176 g/mol. The van der Waals surface area contributed by atoms with Gasteiger partial charge < -0.3 is 5.32 Å². The fraction of sp³-hybridized carbons (Fsp3) is 0.714. The molecule has 1 aromatic rings. The van der Waals surface area contributed by atoms with E-state index in [1.807, 2.05) is 7.05 Å². The van der Waals surface area contributed by atoms with E-state index in [-0.39, 0.29) is 0 Å². The van der Waals surface area contributed by atoms with Gasteiger partial charge in [-0.05, 0) is 12.8 Å². The van der Waals surface area contributed by atoms with Crippen molar-refractivity contribution in [1.82, 2.24) is 15.0 Å². The van der Waals surface area contributed by atoms with Gasteiger partial charge >= 0.3 is 0 Å². The van der Waals surface area contributed by atoms with Crippen molar-refractivity contribution in [3.8, 4) is 0 Å². The Kier molecular flexibility index (Phi) is 1.92. The number of halogens is 1. The van der Waals surface area contributed by atoms with Crippen LogP contribution >= 0.6 is 11.6 Å². The lowest BCUT2D eigenvalue weighted by molar-refractivity contribution is 0.451. The van der Waals surface area contributed by atoms with Crippen LogP contribution in [-0.2, 0) is 7.05 Å². The van der Waals surface area contributed by atoms with Gasteiger partial charge in [-0.1, -0.05) is 5.21 Å². The van der Waals surface area contributed by atoms with Gasteiger partial charge in [-0.15, -0.1) is 16.7 Å². The Balaban J connectivity index is 1.92. The largest absolute Gasteiger partial charge is 0.366 e. The summed E-state index contributed by atoms with van der Waals surface area (Å²) < 4.78 is 1.72. The van der Waals surface area contributed by atoms with Gasteiger partial charge in [-0.2, -0.15) is 0 Å². The lowest BCUT2D eigenvalue weighted by atomic mass is 9.92. The Bertz CT molecular complexity index is 266. The number of anilines is 1. The van der Waals surface area contributed by atoms with Gasteiger partial charge in [-0.25, -0.2) is 4.68 Å². The fourth-order valence-electron chi connectivity index (χ4n) is 1.30. The highest BCUT2D eigenvalue weighted by atomic mass is 35.5. The lowest BCUT2D eigenvalue weighted by Crippen LogP contribution is -2.36. The van der Waals surface area contributed by atoms with Crippen LogP contribution in [0.25, 0.3) is 0 Å². The van der Waals surface area contributed by atoms with E-state index < -0.39 is 0 Å². The summed E-state index contributed by atoms with van der Waals surface area (Å²) in [5.74, 6) is 0.962. The maximum atomic E-state index is 5.85. The molecule has 0 spiro atoms. The number of alkyl halides is 1. The molecule has 5 heteroatoms. The molecule has 1 fully saturated rings. The highest BCUT2D eigenvalue weighted by Gasteiger charge is 2.27. The second-order valence-corrected chi connectivity index (χ2v) is 3.77. The number of hydrogen-bond acceptors (Lipinski definition) is 3. The van der Waals surface area contributed by atoms with Crippen LogP contribution in [0.3, 0.4) is 0 Å². The van der Waals surface area contributed by atoms with E-state index in [1.165, 1.54) is 0 Å². The van der Waals surface area contributed by atoms with E-state index in [9.17, 15) is 0 Å². The van der Waals surface area contributed by atoms with E-state index in [4.69, 9.17) is 11.6 Å². The Labute approximate surface area is 75.9 Å². The minimum Gasteiger partial charge on any atom is -0.366 e. The molecule has 0 amide bonds. The van der Waals surface area contributed by atoms with Crippen LogP contribution in [0, 0.1) is 0 Å². The maximum Gasteiger partial charge on any atom is 0.144 e. The summed E-state index contributed by atoms with van der Waals surface area (Å²) in [6, 6.07) is 0.504. The van der Waals surface area contributed by atoms with Crippen LogP contribution in [0.5, 0.6) is 0 Å². The zero-order valence-corrected chi connectivity index (χ0v) is 7.62. The van der Waals surface area contributed by atoms with E-state index in [0.717, 1.165) is 18.7 Å². The quantitative estimate of drug-likeness (QED) is 0.701. The third kappa shape index (κ3) is 1.39. The summed E-state index contributed by atoms with van der Waals surface area (Å²) >= 11 is 5.85. The third-order valence-corrected chi connectivity index (χ3v) is 2.50. The lowest BCUT2D eigenvalue weighted by Gasteiger charge is -2.31. The highest BCUT2D eigenvalue weighted by molar-refractivity contribution is 6.21. The van der Waals surface area contributed by atoms with Crippen molar-refractivity contribution in [2.45, 2.75) is 24.3 Å². The van der Waals surface area contributed by atoms with Crippen LogP contribution in [-0.4, -0.2) is 26.4 Å². The highest BCUT2D eigenvalue weighted by Crippen LogP contribution is 2.27. The van der Waals surface area contributed by atoms with E-state index >= 15 is 0 Å². The van der Waals surface area contributed by atoms with Crippen LogP contribution in [0.15, 0.2) is 6.20 Å². The summed E-state index contributed by atoms with van der Waals surface area (Å²) in [6.07, 6.45) is 3.79. The van der Waals surface area contributed by atoms with Crippen molar-refractivity contribution in [2.24, 2.45) is 7.05 Å². The number of nitrogens with zero attached hydrogens (tertiary/aromatic N) is 3. The molecule has 0 bridgehead atoms. The molecule has 1 aliphatic carbocycles. The average molecular weight is 187 g/mol. The minimum atomic E-state index is 0.351. The number of aryl methyl sites for hydroxylation is 1. The molecule has 1 heterocycles. The molecule has 4 nitrogen and oxygen atoms in total. The molecule has 12 heavy (non-hydrogen) atoms. The molecular formula is C7H11ClN4. The van der Waals surface area contributed by atoms with Gasteiger partial charge in [0.25, 0.3) is 0 Å².